The zero-order valence-electron chi connectivity index (χ0n) is 8.17. The fraction of sp³-hybridized carbons (Fsp3) is 0.364. The highest BCUT2D eigenvalue weighted by Crippen LogP contribution is 1.99. The second-order valence-corrected chi connectivity index (χ2v) is 2.09. The van der Waals surface area contributed by atoms with E-state index >= 15 is 0 Å². The first kappa shape index (κ1) is 13.3. The van der Waals surface area contributed by atoms with Crippen LogP contribution in [-0.2, 0) is 0 Å². The van der Waals surface area contributed by atoms with Gasteiger partial charge in [-0.3, -0.25) is 0 Å². The lowest BCUT2D eigenvalue weighted by atomic mass is 10.1. The summed E-state index contributed by atoms with van der Waals surface area (Å²) in [6, 6.07) is 1.93. The van der Waals surface area contributed by atoms with Crippen LogP contribution >= 0.6 is 0 Å². The number of rotatable bonds is 3. The number of nitriles is 1. The Bertz CT molecular complexity index is 194. The van der Waals surface area contributed by atoms with Crippen molar-refractivity contribution in [3.05, 3.63) is 37.0 Å². The average Bonchev–Trinajstić information content (AvgIpc) is 2.16. The zero-order chi connectivity index (χ0) is 9.98. The van der Waals surface area contributed by atoms with E-state index in [-0.39, 0.29) is 0 Å². The number of hydrogen-bond acceptors (Lipinski definition) is 1. The van der Waals surface area contributed by atoms with E-state index in [0.717, 1.165) is 0 Å². The summed E-state index contributed by atoms with van der Waals surface area (Å²) < 4.78 is 0. The van der Waals surface area contributed by atoms with Crippen LogP contribution in [0.1, 0.15) is 20.8 Å². The second-order valence-electron chi connectivity index (χ2n) is 2.09. The summed E-state index contributed by atoms with van der Waals surface area (Å²) in [6.07, 6.45) is 5.39. The molecule has 0 bridgehead atoms. The van der Waals surface area contributed by atoms with Crippen molar-refractivity contribution in [3.8, 4) is 6.07 Å². The Balaban J connectivity index is 0. The fourth-order valence-electron chi connectivity index (χ4n) is 0.384. The molecule has 0 rings (SSSR count). The van der Waals surface area contributed by atoms with Gasteiger partial charge in [0.25, 0.3) is 0 Å². The molecule has 0 spiro atoms. The first-order valence-electron chi connectivity index (χ1n) is 4.10. The molecule has 0 heterocycles. The largest absolute Gasteiger partial charge is 0.192 e. The third kappa shape index (κ3) is 8.71. The van der Waals surface area contributed by atoms with Crippen molar-refractivity contribution in [2.24, 2.45) is 5.92 Å². The summed E-state index contributed by atoms with van der Waals surface area (Å²) in [5.74, 6) is 0.310. The molecule has 0 aliphatic heterocycles. The van der Waals surface area contributed by atoms with E-state index in [4.69, 9.17) is 5.26 Å². The van der Waals surface area contributed by atoms with Crippen LogP contribution in [0.15, 0.2) is 37.0 Å². The Morgan fingerprint density at radius 1 is 1.50 bits per heavy atom. The van der Waals surface area contributed by atoms with E-state index < -0.39 is 0 Å². The highest BCUT2D eigenvalue weighted by molar-refractivity contribution is 5.29. The van der Waals surface area contributed by atoms with Gasteiger partial charge in [-0.05, 0) is 12.0 Å². The van der Waals surface area contributed by atoms with Gasteiger partial charge in [-0.15, -0.1) is 6.58 Å². The molecule has 66 valence electrons. The highest BCUT2D eigenvalue weighted by Gasteiger charge is 1.86. The molecule has 1 atom stereocenters. The van der Waals surface area contributed by atoms with E-state index in [1.807, 2.05) is 32.9 Å². The number of hydrogen-bond donors (Lipinski definition) is 0. The lowest BCUT2D eigenvalue weighted by Gasteiger charge is -1.92. The molecule has 0 N–H and O–H groups in total. The molecule has 0 saturated carbocycles. The van der Waals surface area contributed by atoms with Crippen LogP contribution in [-0.4, -0.2) is 0 Å². The summed E-state index contributed by atoms with van der Waals surface area (Å²) in [7, 11) is 0. The van der Waals surface area contributed by atoms with Crippen molar-refractivity contribution < 1.29 is 0 Å². The minimum absolute atomic E-state index is 0.310. The van der Waals surface area contributed by atoms with Gasteiger partial charge in [0.05, 0.1) is 6.07 Å². The van der Waals surface area contributed by atoms with Crippen molar-refractivity contribution in [1.29, 1.82) is 5.26 Å². The average molecular weight is 163 g/mol. The summed E-state index contributed by atoms with van der Waals surface area (Å²) in [5.41, 5.74) is 0.480. The standard InChI is InChI=1S/C9H11N.C2H6/c1-4-8(2)5-6-9(3)7-10;1-2/h4-6,8H,1,3H2,2H3;1-2H3/b6-5-;. The van der Waals surface area contributed by atoms with Gasteiger partial charge in [0.15, 0.2) is 0 Å². The third-order valence-electron chi connectivity index (χ3n) is 1.12. The van der Waals surface area contributed by atoms with Crippen molar-refractivity contribution in [3.63, 3.8) is 0 Å². The van der Waals surface area contributed by atoms with Crippen LogP contribution in [0.4, 0.5) is 0 Å². The molecule has 1 nitrogen and oxygen atoms in total. The second kappa shape index (κ2) is 9.71. The number of nitrogens with zero attached hydrogens (tertiary/aromatic N) is 1. The SMILES string of the molecule is C=CC(C)/C=C\C(=C)C#N.CC. The molecule has 12 heavy (non-hydrogen) atoms. The van der Waals surface area contributed by atoms with Gasteiger partial charge in [0.2, 0.25) is 0 Å². The predicted octanol–water partition coefficient (Wildman–Crippen LogP) is 3.47. The van der Waals surface area contributed by atoms with Crippen LogP contribution in [0.5, 0.6) is 0 Å². The fourth-order valence-corrected chi connectivity index (χ4v) is 0.384. The lowest BCUT2D eigenvalue weighted by molar-refractivity contribution is 0.943. The minimum Gasteiger partial charge on any atom is -0.192 e. The quantitative estimate of drug-likeness (QED) is 0.355. The zero-order valence-corrected chi connectivity index (χ0v) is 8.17. The maximum absolute atomic E-state index is 8.29. The van der Waals surface area contributed by atoms with E-state index in [2.05, 4.69) is 13.2 Å². The first-order chi connectivity index (χ1) is 5.70. The predicted molar refractivity (Wildman–Crippen MR) is 54.6 cm³/mol. The molecule has 0 aliphatic rings. The molecule has 0 aromatic rings. The van der Waals surface area contributed by atoms with Gasteiger partial charge in [-0.2, -0.15) is 5.26 Å². The lowest BCUT2D eigenvalue weighted by Crippen LogP contribution is -1.79. The molecule has 0 saturated heterocycles. The van der Waals surface area contributed by atoms with Gasteiger partial charge in [-0.1, -0.05) is 39.5 Å². The molecule has 0 aromatic heterocycles. The number of allylic oxidation sites excluding steroid dienone is 4. The molecule has 1 heteroatoms. The Hall–Kier alpha value is -1.29. The van der Waals surface area contributed by atoms with E-state index in [1.165, 1.54) is 0 Å². The maximum Gasteiger partial charge on any atom is 0.0985 e. The minimum atomic E-state index is 0.310. The maximum atomic E-state index is 8.29. The summed E-state index contributed by atoms with van der Waals surface area (Å²) in [6.45, 7) is 13.1. The van der Waals surface area contributed by atoms with Gasteiger partial charge < -0.3 is 0 Å². The van der Waals surface area contributed by atoms with Crippen LogP contribution in [0.25, 0.3) is 0 Å². The molecule has 0 aliphatic carbocycles. The van der Waals surface area contributed by atoms with Crippen molar-refractivity contribution in [1.82, 2.24) is 0 Å². The molecular weight excluding hydrogens is 146 g/mol. The molecular formula is C11H17N. The molecule has 1 unspecified atom stereocenters. The van der Waals surface area contributed by atoms with Gasteiger partial charge in [-0.25, -0.2) is 0 Å². The smallest absolute Gasteiger partial charge is 0.0985 e. The molecule has 0 radical (unpaired) electrons. The van der Waals surface area contributed by atoms with Crippen LogP contribution < -0.4 is 0 Å². The Morgan fingerprint density at radius 2 is 2.00 bits per heavy atom. The molecule has 0 aromatic carbocycles. The molecule has 0 amide bonds. The van der Waals surface area contributed by atoms with Crippen LogP contribution in [0.3, 0.4) is 0 Å². The van der Waals surface area contributed by atoms with E-state index in [9.17, 15) is 0 Å². The summed E-state index contributed by atoms with van der Waals surface area (Å²) in [4.78, 5) is 0. The highest BCUT2D eigenvalue weighted by atomic mass is 14.2. The topological polar surface area (TPSA) is 23.8 Å². The Kier molecular flexibility index (Phi) is 10.8. The summed E-state index contributed by atoms with van der Waals surface area (Å²) >= 11 is 0. The Morgan fingerprint density at radius 3 is 2.33 bits per heavy atom. The van der Waals surface area contributed by atoms with Crippen LogP contribution in [0.2, 0.25) is 0 Å². The Labute approximate surface area is 75.7 Å². The normalized spacial score (nSPS) is 10.8. The van der Waals surface area contributed by atoms with Crippen LogP contribution in [0, 0.1) is 17.2 Å². The van der Waals surface area contributed by atoms with Gasteiger partial charge in [0.1, 0.15) is 0 Å². The van der Waals surface area contributed by atoms with Crippen molar-refractivity contribution in [2.75, 3.05) is 0 Å². The van der Waals surface area contributed by atoms with Crippen molar-refractivity contribution >= 4 is 0 Å². The monoisotopic (exact) mass is 163 g/mol. The van der Waals surface area contributed by atoms with Gasteiger partial charge >= 0.3 is 0 Å². The van der Waals surface area contributed by atoms with Gasteiger partial charge in [0, 0.05) is 5.57 Å². The van der Waals surface area contributed by atoms with E-state index in [1.54, 1.807) is 12.2 Å². The van der Waals surface area contributed by atoms with Crippen molar-refractivity contribution in [2.45, 2.75) is 20.8 Å². The molecule has 0 fully saturated rings. The first-order valence-corrected chi connectivity index (χ1v) is 4.10. The van der Waals surface area contributed by atoms with E-state index in [0.29, 0.717) is 11.5 Å². The third-order valence-corrected chi connectivity index (χ3v) is 1.12. The summed E-state index contributed by atoms with van der Waals surface area (Å²) in [5, 5.41) is 8.29.